The van der Waals surface area contributed by atoms with Crippen LogP contribution in [-0.2, 0) is 23.6 Å². The van der Waals surface area contributed by atoms with Gasteiger partial charge in [0.15, 0.2) is 16.7 Å². The molecule has 0 atom stereocenters. The second-order valence-corrected chi connectivity index (χ2v) is 11.4. The number of ether oxygens (including phenoxy) is 1. The van der Waals surface area contributed by atoms with Gasteiger partial charge in [-0.05, 0) is 49.6 Å². The van der Waals surface area contributed by atoms with Crippen LogP contribution in [0.25, 0.3) is 22.3 Å². The molecule has 0 saturated carbocycles. The van der Waals surface area contributed by atoms with Gasteiger partial charge in [-0.1, -0.05) is 55.4 Å². The number of nitrogens with one attached hydrogen (secondary N) is 1. The van der Waals surface area contributed by atoms with Crippen LogP contribution < -0.4 is 11.2 Å². The number of hydrogen-bond donors (Lipinski definition) is 1. The minimum atomic E-state index is -0.474. The van der Waals surface area contributed by atoms with Crippen molar-refractivity contribution in [3.63, 3.8) is 0 Å². The summed E-state index contributed by atoms with van der Waals surface area (Å²) in [6.45, 7) is 12.1. The Balaban J connectivity index is 0.00000165. The number of aryl methyl sites for hydroxylation is 2. The molecule has 0 radical (unpaired) electrons. The number of aromatic amines is 1. The highest BCUT2D eigenvalue weighted by molar-refractivity contribution is 7.98. The first-order chi connectivity index (χ1) is 20.0. The Morgan fingerprint density at radius 3 is 2.49 bits per heavy atom. The second-order valence-electron chi connectivity index (χ2n) is 9.31. The van der Waals surface area contributed by atoms with Gasteiger partial charge in [0.2, 0.25) is 0 Å². The van der Waals surface area contributed by atoms with Crippen LogP contribution in [0.3, 0.4) is 0 Å². The van der Waals surface area contributed by atoms with Crippen molar-refractivity contribution in [2.75, 3.05) is 26.3 Å². The van der Waals surface area contributed by atoms with Crippen LogP contribution in [0.15, 0.2) is 66.6 Å². The van der Waals surface area contributed by atoms with Gasteiger partial charge in [0.1, 0.15) is 11.3 Å². The van der Waals surface area contributed by atoms with Crippen LogP contribution in [0.1, 0.15) is 37.7 Å². The Kier molecular flexibility index (Phi) is 9.33. The van der Waals surface area contributed by atoms with Crippen LogP contribution in [0.5, 0.6) is 0 Å². The van der Waals surface area contributed by atoms with Crippen LogP contribution in [-0.4, -0.2) is 54.7 Å². The zero-order valence-electron chi connectivity index (χ0n) is 23.7. The molecule has 12 heteroatoms. The fraction of sp³-hybridized carbons (Fsp3) is 0.379. The lowest BCUT2D eigenvalue weighted by molar-refractivity contribution is 0.0773. The molecule has 0 unspecified atom stereocenters. The van der Waals surface area contributed by atoms with Gasteiger partial charge >= 0.3 is 5.69 Å². The number of aromatic nitrogens is 5. The van der Waals surface area contributed by atoms with Gasteiger partial charge in [0.05, 0.1) is 25.5 Å². The maximum absolute atomic E-state index is 12.8. The average molecular weight is 595 g/mol. The normalized spacial score (nSPS) is 14.0. The van der Waals surface area contributed by atoms with E-state index in [1.54, 1.807) is 11.9 Å². The first-order valence-electron chi connectivity index (χ1n) is 13.8. The van der Waals surface area contributed by atoms with E-state index in [-0.39, 0.29) is 0 Å². The van der Waals surface area contributed by atoms with Gasteiger partial charge in [0.25, 0.3) is 10.8 Å². The summed E-state index contributed by atoms with van der Waals surface area (Å²) < 4.78 is 17.1. The number of fused-ring (bicyclic) bond motifs is 2. The first kappa shape index (κ1) is 29.2. The topological polar surface area (TPSA) is 111 Å². The number of nitrogens with zero attached hydrogens (tertiary/aromatic N) is 5. The second kappa shape index (κ2) is 13.1. The van der Waals surface area contributed by atoms with Crippen molar-refractivity contribution in [3.05, 3.63) is 80.3 Å². The molecule has 1 aliphatic heterocycles. The monoisotopic (exact) mass is 594 g/mol. The molecule has 4 heterocycles. The van der Waals surface area contributed by atoms with E-state index < -0.39 is 11.2 Å². The Labute approximate surface area is 246 Å². The van der Waals surface area contributed by atoms with E-state index in [4.69, 9.17) is 14.1 Å². The number of H-pyrrole nitrogens is 1. The Bertz CT molecular complexity index is 1750. The fourth-order valence-electron chi connectivity index (χ4n) is 4.61. The van der Waals surface area contributed by atoms with E-state index in [0.29, 0.717) is 41.1 Å². The zero-order chi connectivity index (χ0) is 28.9. The molecular formula is C29H34N6O4S2. The molecule has 41 heavy (non-hydrogen) atoms. The lowest BCUT2D eigenvalue weighted by atomic mass is 10.1. The van der Waals surface area contributed by atoms with Crippen molar-refractivity contribution in [1.82, 2.24) is 28.4 Å². The number of thioether (sulfide) groups is 1. The van der Waals surface area contributed by atoms with E-state index in [9.17, 15) is 9.59 Å². The smallest absolute Gasteiger partial charge is 0.330 e. The van der Waals surface area contributed by atoms with Crippen LogP contribution in [0.4, 0.5) is 0 Å². The van der Waals surface area contributed by atoms with Crippen molar-refractivity contribution in [2.24, 2.45) is 0 Å². The van der Waals surface area contributed by atoms with E-state index in [1.807, 2.05) is 74.7 Å². The molecule has 1 saturated heterocycles. The third-order valence-corrected chi connectivity index (χ3v) is 8.52. The average Bonchev–Trinajstić information content (AvgIpc) is 3.57. The largest absolute Gasteiger partial charge is 0.431 e. The standard InChI is InChI=1S/C27H28N6O4S2.C2H6/c1-3-32-22(29-24-23(32)25(34)30-26(35)33(24)15-18-6-4-17(2)5-7-18)16-38-27-28-20-14-19(8-9-21(20)37-27)39-31-10-12-36-13-11-31;1-2/h4-9,14H,3,10-13,15-16H2,1-2H3,(H,30,34,35);1-2H3. The summed E-state index contributed by atoms with van der Waals surface area (Å²) in [5.41, 5.74) is 3.46. The van der Waals surface area contributed by atoms with Crippen LogP contribution >= 0.6 is 23.7 Å². The van der Waals surface area contributed by atoms with Gasteiger partial charge in [-0.15, -0.1) is 0 Å². The van der Waals surface area contributed by atoms with Crippen molar-refractivity contribution >= 4 is 46.0 Å². The van der Waals surface area contributed by atoms with E-state index >= 15 is 0 Å². The van der Waals surface area contributed by atoms with Crippen molar-refractivity contribution in [2.45, 2.75) is 56.7 Å². The molecule has 216 valence electrons. The lowest BCUT2D eigenvalue weighted by Gasteiger charge is -2.25. The number of morpholine rings is 1. The Hall–Kier alpha value is -3.32. The molecule has 0 aliphatic carbocycles. The van der Waals surface area contributed by atoms with Gasteiger partial charge in [-0.3, -0.25) is 14.3 Å². The van der Waals surface area contributed by atoms with E-state index in [1.165, 1.54) is 16.3 Å². The molecule has 1 aliphatic rings. The molecule has 0 amide bonds. The third-order valence-electron chi connectivity index (χ3n) is 6.61. The van der Waals surface area contributed by atoms with Crippen molar-refractivity contribution in [3.8, 4) is 0 Å². The number of rotatable bonds is 8. The number of imidazole rings is 1. The minimum Gasteiger partial charge on any atom is -0.431 e. The van der Waals surface area contributed by atoms with Gasteiger partial charge in [-0.25, -0.2) is 19.1 Å². The molecule has 3 aromatic heterocycles. The number of hydrogen-bond acceptors (Lipinski definition) is 9. The highest BCUT2D eigenvalue weighted by Crippen LogP contribution is 2.31. The first-order valence-corrected chi connectivity index (χ1v) is 15.6. The Morgan fingerprint density at radius 1 is 1.00 bits per heavy atom. The summed E-state index contributed by atoms with van der Waals surface area (Å²) in [4.78, 5) is 38.6. The summed E-state index contributed by atoms with van der Waals surface area (Å²) >= 11 is 3.11. The molecule has 10 nitrogen and oxygen atoms in total. The molecule has 0 spiro atoms. The summed E-state index contributed by atoms with van der Waals surface area (Å²) in [7, 11) is 0. The highest BCUT2D eigenvalue weighted by Gasteiger charge is 2.19. The zero-order valence-corrected chi connectivity index (χ0v) is 25.3. The molecule has 2 aromatic carbocycles. The fourth-order valence-corrected chi connectivity index (χ4v) is 6.32. The predicted octanol–water partition coefficient (Wildman–Crippen LogP) is 5.06. The third kappa shape index (κ3) is 6.45. The number of oxazole rings is 1. The summed E-state index contributed by atoms with van der Waals surface area (Å²) in [6.07, 6.45) is 0. The maximum atomic E-state index is 12.8. The van der Waals surface area contributed by atoms with Crippen molar-refractivity contribution < 1.29 is 9.15 Å². The highest BCUT2D eigenvalue weighted by atomic mass is 32.2. The van der Waals surface area contributed by atoms with Crippen LogP contribution in [0, 0.1) is 6.92 Å². The number of benzene rings is 2. The molecule has 1 N–H and O–H groups in total. The molecule has 1 fully saturated rings. The Morgan fingerprint density at radius 2 is 1.76 bits per heavy atom. The van der Waals surface area contributed by atoms with Gasteiger partial charge in [-0.2, -0.15) is 0 Å². The molecular weight excluding hydrogens is 560 g/mol. The van der Waals surface area contributed by atoms with Gasteiger partial charge in [0, 0.05) is 24.5 Å². The van der Waals surface area contributed by atoms with Gasteiger partial charge < -0.3 is 13.7 Å². The minimum absolute atomic E-state index is 0.315. The molecule has 6 rings (SSSR count). The summed E-state index contributed by atoms with van der Waals surface area (Å²) in [6, 6.07) is 14.0. The molecule has 0 bridgehead atoms. The van der Waals surface area contributed by atoms with E-state index in [2.05, 4.69) is 14.3 Å². The predicted molar refractivity (Wildman–Crippen MR) is 164 cm³/mol. The van der Waals surface area contributed by atoms with Crippen molar-refractivity contribution in [1.29, 1.82) is 0 Å². The van der Waals surface area contributed by atoms with E-state index in [0.717, 1.165) is 53.4 Å². The SMILES string of the molecule is CC.CCn1c(CSc2nc3cc(SN4CCOCC4)ccc3o2)nc2c1c(=O)[nH]c(=O)n2Cc1ccc(C)cc1. The summed E-state index contributed by atoms with van der Waals surface area (Å²) in [5.74, 6) is 1.11. The lowest BCUT2D eigenvalue weighted by Crippen LogP contribution is -2.31. The maximum Gasteiger partial charge on any atom is 0.330 e. The van der Waals surface area contributed by atoms with Crippen LogP contribution in [0.2, 0.25) is 0 Å². The molecule has 5 aromatic rings. The summed E-state index contributed by atoms with van der Waals surface area (Å²) in [5, 5.41) is 0.527. The quantitative estimate of drug-likeness (QED) is 0.195.